The third-order valence-electron chi connectivity index (χ3n) is 6.95. The van der Waals surface area contributed by atoms with Crippen molar-refractivity contribution in [2.45, 2.75) is 58.6 Å². The third kappa shape index (κ3) is 9.91. The van der Waals surface area contributed by atoms with Gasteiger partial charge in [0.05, 0.1) is 19.8 Å². The number of nitrogens with one attached hydrogen (secondary N) is 1. The Morgan fingerprint density at radius 2 is 1.70 bits per heavy atom. The van der Waals surface area contributed by atoms with Crippen molar-refractivity contribution in [1.82, 2.24) is 10.2 Å². The Hall–Kier alpha value is -2.94. The van der Waals surface area contributed by atoms with Crippen LogP contribution in [0.4, 0.5) is 9.18 Å². The summed E-state index contributed by atoms with van der Waals surface area (Å²) in [5, 5.41) is 4.51. The van der Waals surface area contributed by atoms with Crippen LogP contribution in [0.15, 0.2) is 52.9 Å². The second kappa shape index (κ2) is 14.6. The van der Waals surface area contributed by atoms with Crippen molar-refractivity contribution >= 4 is 17.1 Å². The fraction of sp³-hybridized carbons (Fsp3) is 0.531. The van der Waals surface area contributed by atoms with E-state index in [9.17, 15) is 9.18 Å². The van der Waals surface area contributed by atoms with E-state index >= 15 is 0 Å². The molecule has 0 aliphatic carbocycles. The van der Waals surface area contributed by atoms with Gasteiger partial charge in [0, 0.05) is 44.6 Å². The van der Waals surface area contributed by atoms with E-state index in [4.69, 9.17) is 18.6 Å². The van der Waals surface area contributed by atoms with E-state index in [1.807, 2.05) is 32.9 Å². The van der Waals surface area contributed by atoms with Crippen molar-refractivity contribution in [3.8, 4) is 0 Å². The minimum absolute atomic E-state index is 0.212. The number of hydrogen-bond donors (Lipinski definition) is 1. The largest absolute Gasteiger partial charge is 0.461 e. The van der Waals surface area contributed by atoms with Crippen molar-refractivity contribution in [2.24, 2.45) is 5.92 Å². The van der Waals surface area contributed by atoms with Gasteiger partial charge in [0.25, 0.3) is 0 Å². The van der Waals surface area contributed by atoms with Crippen molar-refractivity contribution < 1.29 is 27.8 Å². The van der Waals surface area contributed by atoms with Crippen LogP contribution in [0.1, 0.15) is 50.5 Å². The molecule has 1 saturated heterocycles. The summed E-state index contributed by atoms with van der Waals surface area (Å²) in [4.78, 5) is 14.0. The van der Waals surface area contributed by atoms with Gasteiger partial charge in [-0.1, -0.05) is 24.3 Å². The Labute approximate surface area is 237 Å². The minimum Gasteiger partial charge on any atom is -0.461 e. The molecule has 3 aromatic rings. The van der Waals surface area contributed by atoms with Gasteiger partial charge >= 0.3 is 6.09 Å². The fourth-order valence-electron chi connectivity index (χ4n) is 4.74. The summed E-state index contributed by atoms with van der Waals surface area (Å²) in [6.45, 7) is 11.1. The number of carbonyl (C=O) groups excluding carboxylic acids is 1. The van der Waals surface area contributed by atoms with E-state index in [-0.39, 0.29) is 11.9 Å². The van der Waals surface area contributed by atoms with Crippen LogP contribution >= 0.6 is 0 Å². The molecule has 1 aromatic heterocycles. The molecule has 1 aliphatic rings. The Kier molecular flexibility index (Phi) is 11.0. The van der Waals surface area contributed by atoms with Gasteiger partial charge in [0.2, 0.25) is 0 Å². The topological polar surface area (TPSA) is 73.2 Å². The monoisotopic (exact) mass is 554 g/mol. The van der Waals surface area contributed by atoms with E-state index in [0.717, 1.165) is 79.7 Å². The van der Waals surface area contributed by atoms with Crippen LogP contribution in [0, 0.1) is 11.7 Å². The average molecular weight is 555 g/mol. The number of furan rings is 1. The van der Waals surface area contributed by atoms with Gasteiger partial charge < -0.3 is 28.8 Å². The lowest BCUT2D eigenvalue weighted by atomic mass is 9.98. The van der Waals surface area contributed by atoms with Crippen LogP contribution in [0.2, 0.25) is 0 Å². The van der Waals surface area contributed by atoms with E-state index in [2.05, 4.69) is 29.6 Å². The maximum absolute atomic E-state index is 13.1. The summed E-state index contributed by atoms with van der Waals surface area (Å²) in [7, 11) is 0. The van der Waals surface area contributed by atoms with E-state index < -0.39 is 5.60 Å². The molecule has 1 amide bonds. The van der Waals surface area contributed by atoms with Crippen LogP contribution in [0.3, 0.4) is 0 Å². The predicted molar refractivity (Wildman–Crippen MR) is 154 cm³/mol. The van der Waals surface area contributed by atoms with Gasteiger partial charge in [-0.05, 0) is 81.3 Å². The van der Waals surface area contributed by atoms with Gasteiger partial charge in [-0.3, -0.25) is 0 Å². The zero-order valence-electron chi connectivity index (χ0n) is 24.0. The summed E-state index contributed by atoms with van der Waals surface area (Å²) >= 11 is 0. The van der Waals surface area contributed by atoms with Crippen LogP contribution in [-0.2, 0) is 33.6 Å². The van der Waals surface area contributed by atoms with Gasteiger partial charge in [-0.15, -0.1) is 0 Å². The molecule has 0 radical (unpaired) electrons. The summed E-state index contributed by atoms with van der Waals surface area (Å²) in [6, 6.07) is 15.0. The third-order valence-corrected chi connectivity index (χ3v) is 6.95. The lowest BCUT2D eigenvalue weighted by Gasteiger charge is -2.33. The molecule has 0 spiro atoms. The number of halogens is 1. The maximum atomic E-state index is 13.1. The highest BCUT2D eigenvalue weighted by Gasteiger charge is 2.26. The number of aryl methyl sites for hydroxylation is 2. The Morgan fingerprint density at radius 3 is 2.45 bits per heavy atom. The molecule has 2 aromatic carbocycles. The maximum Gasteiger partial charge on any atom is 0.410 e. The SMILES string of the molecule is CC(C)(C)OC(=O)N1CCC(COCCOCCNCc2ccc3cc(CCc4ccc(F)cc4)oc3c2)CC1. The smallest absolute Gasteiger partial charge is 0.410 e. The van der Waals surface area contributed by atoms with Gasteiger partial charge in [-0.2, -0.15) is 0 Å². The molecule has 7 nitrogen and oxygen atoms in total. The van der Waals surface area contributed by atoms with E-state index in [0.29, 0.717) is 32.3 Å². The van der Waals surface area contributed by atoms with E-state index in [1.54, 1.807) is 4.90 Å². The number of likely N-dealkylation sites (tertiary alicyclic amines) is 1. The van der Waals surface area contributed by atoms with Crippen LogP contribution in [0.5, 0.6) is 0 Å². The summed E-state index contributed by atoms with van der Waals surface area (Å²) in [5.74, 6) is 1.19. The molecule has 1 aliphatic heterocycles. The van der Waals surface area contributed by atoms with Gasteiger partial charge in [0.1, 0.15) is 22.8 Å². The molecular weight excluding hydrogens is 511 g/mol. The molecular formula is C32H43FN2O5. The zero-order chi connectivity index (χ0) is 28.4. The first-order chi connectivity index (χ1) is 19.2. The minimum atomic E-state index is -0.458. The second-order valence-electron chi connectivity index (χ2n) is 11.5. The first-order valence-corrected chi connectivity index (χ1v) is 14.3. The first-order valence-electron chi connectivity index (χ1n) is 14.3. The van der Waals surface area contributed by atoms with Gasteiger partial charge in [0.15, 0.2) is 0 Å². The van der Waals surface area contributed by atoms with Crippen molar-refractivity contribution in [1.29, 1.82) is 0 Å². The Balaban J connectivity index is 1.03. The number of hydrogen-bond acceptors (Lipinski definition) is 6. The number of carbonyl (C=O) groups is 1. The Bertz CT molecular complexity index is 1200. The van der Waals surface area contributed by atoms with Crippen LogP contribution < -0.4 is 5.32 Å². The van der Waals surface area contributed by atoms with E-state index in [1.165, 1.54) is 12.1 Å². The number of benzene rings is 2. The molecule has 1 N–H and O–H groups in total. The predicted octanol–water partition coefficient (Wildman–Crippen LogP) is 6.13. The quantitative estimate of drug-likeness (QED) is 0.257. The standard InChI is InChI=1S/C32H43FN2O5/c1-32(2,3)40-31(36)35-15-12-25(13-16-35)23-38-19-18-37-17-14-34-22-26-4-8-27-21-29(39-30(27)20-26)11-7-24-5-9-28(33)10-6-24/h4-6,8-10,20-21,25,34H,7,11-19,22-23H2,1-3H3. The lowest BCUT2D eigenvalue weighted by Crippen LogP contribution is -2.42. The molecule has 218 valence electrons. The molecule has 0 bridgehead atoms. The highest BCUT2D eigenvalue weighted by Crippen LogP contribution is 2.23. The second-order valence-corrected chi connectivity index (χ2v) is 11.5. The molecule has 8 heteroatoms. The normalized spacial score (nSPS) is 14.7. The highest BCUT2D eigenvalue weighted by molar-refractivity contribution is 5.78. The molecule has 4 rings (SSSR count). The van der Waals surface area contributed by atoms with Crippen molar-refractivity contribution in [3.63, 3.8) is 0 Å². The summed E-state index contributed by atoms with van der Waals surface area (Å²) < 4.78 is 36.1. The molecule has 0 atom stereocenters. The molecule has 0 saturated carbocycles. The number of rotatable bonds is 13. The zero-order valence-corrected chi connectivity index (χ0v) is 24.0. The number of fused-ring (bicyclic) bond motifs is 1. The summed E-state index contributed by atoms with van der Waals surface area (Å²) in [6.07, 6.45) is 3.24. The lowest BCUT2D eigenvalue weighted by molar-refractivity contribution is 0.00449. The number of ether oxygens (including phenoxy) is 3. The molecule has 40 heavy (non-hydrogen) atoms. The number of piperidine rings is 1. The highest BCUT2D eigenvalue weighted by atomic mass is 19.1. The number of nitrogens with zero attached hydrogens (tertiary/aromatic N) is 1. The van der Waals surface area contributed by atoms with Crippen LogP contribution in [0.25, 0.3) is 11.0 Å². The summed E-state index contributed by atoms with van der Waals surface area (Å²) in [5.41, 5.74) is 2.68. The van der Waals surface area contributed by atoms with Crippen molar-refractivity contribution in [3.05, 3.63) is 71.2 Å². The molecule has 2 heterocycles. The van der Waals surface area contributed by atoms with Gasteiger partial charge in [-0.25, -0.2) is 9.18 Å². The Morgan fingerprint density at radius 1 is 0.975 bits per heavy atom. The van der Waals surface area contributed by atoms with Crippen LogP contribution in [-0.4, -0.2) is 62.7 Å². The molecule has 0 unspecified atom stereocenters. The average Bonchev–Trinajstić information content (AvgIpc) is 3.33. The van der Waals surface area contributed by atoms with Crippen molar-refractivity contribution in [2.75, 3.05) is 46.1 Å². The fourth-order valence-corrected chi connectivity index (χ4v) is 4.74. The number of amides is 1. The first kappa shape index (κ1) is 30.0. The molecule has 1 fully saturated rings.